The first kappa shape index (κ1) is 10.3. The SMILES string of the molecule is CN(C)CCOc1ccc(S)cn1. The van der Waals surface area contributed by atoms with E-state index in [1.165, 1.54) is 0 Å². The van der Waals surface area contributed by atoms with E-state index in [9.17, 15) is 0 Å². The number of thiol groups is 1. The van der Waals surface area contributed by atoms with Gasteiger partial charge in [-0.15, -0.1) is 12.6 Å². The van der Waals surface area contributed by atoms with Crippen molar-refractivity contribution in [3.8, 4) is 5.88 Å². The first-order valence-corrected chi connectivity index (χ1v) is 4.56. The van der Waals surface area contributed by atoms with E-state index in [4.69, 9.17) is 4.74 Å². The number of hydrogen-bond donors (Lipinski definition) is 1. The molecule has 13 heavy (non-hydrogen) atoms. The molecule has 1 aromatic heterocycles. The van der Waals surface area contributed by atoms with Crippen LogP contribution in [0.4, 0.5) is 0 Å². The lowest BCUT2D eigenvalue weighted by Gasteiger charge is -2.09. The average molecular weight is 198 g/mol. The average Bonchev–Trinajstić information content (AvgIpc) is 2.08. The van der Waals surface area contributed by atoms with Crippen LogP contribution in [0.2, 0.25) is 0 Å². The van der Waals surface area contributed by atoms with Crippen LogP contribution in [0.15, 0.2) is 23.2 Å². The van der Waals surface area contributed by atoms with Crippen LogP contribution in [0.1, 0.15) is 0 Å². The van der Waals surface area contributed by atoms with Crippen molar-refractivity contribution in [3.63, 3.8) is 0 Å². The third kappa shape index (κ3) is 4.15. The molecule has 0 saturated carbocycles. The molecule has 3 nitrogen and oxygen atoms in total. The third-order valence-electron chi connectivity index (χ3n) is 1.51. The summed E-state index contributed by atoms with van der Waals surface area (Å²) in [5.74, 6) is 0.652. The molecule has 1 aromatic rings. The zero-order valence-electron chi connectivity index (χ0n) is 7.90. The van der Waals surface area contributed by atoms with Crippen LogP contribution in [0, 0.1) is 0 Å². The summed E-state index contributed by atoms with van der Waals surface area (Å²) >= 11 is 4.13. The minimum Gasteiger partial charge on any atom is -0.476 e. The van der Waals surface area contributed by atoms with E-state index in [0.29, 0.717) is 12.5 Å². The molecule has 0 amide bonds. The van der Waals surface area contributed by atoms with E-state index in [0.717, 1.165) is 11.4 Å². The van der Waals surface area contributed by atoms with Crippen LogP contribution in [0.5, 0.6) is 5.88 Å². The maximum Gasteiger partial charge on any atom is 0.213 e. The largest absolute Gasteiger partial charge is 0.476 e. The van der Waals surface area contributed by atoms with Gasteiger partial charge in [-0.05, 0) is 20.2 Å². The Morgan fingerprint density at radius 3 is 2.77 bits per heavy atom. The highest BCUT2D eigenvalue weighted by atomic mass is 32.1. The van der Waals surface area contributed by atoms with Gasteiger partial charge in [0, 0.05) is 23.7 Å². The molecule has 0 bridgehead atoms. The van der Waals surface area contributed by atoms with E-state index in [1.54, 1.807) is 6.20 Å². The molecule has 0 atom stereocenters. The predicted molar refractivity (Wildman–Crippen MR) is 55.5 cm³/mol. The Hall–Kier alpha value is -0.740. The molecule has 1 heterocycles. The molecule has 0 N–H and O–H groups in total. The van der Waals surface area contributed by atoms with Crippen molar-refractivity contribution in [2.24, 2.45) is 0 Å². The van der Waals surface area contributed by atoms with Crippen LogP contribution < -0.4 is 4.74 Å². The number of aromatic nitrogens is 1. The second kappa shape index (κ2) is 5.09. The first-order valence-electron chi connectivity index (χ1n) is 4.11. The molecule has 0 unspecified atom stereocenters. The van der Waals surface area contributed by atoms with Crippen molar-refractivity contribution in [1.82, 2.24) is 9.88 Å². The molecule has 1 rings (SSSR count). The van der Waals surface area contributed by atoms with Crippen molar-refractivity contribution in [2.75, 3.05) is 27.2 Å². The van der Waals surface area contributed by atoms with E-state index < -0.39 is 0 Å². The summed E-state index contributed by atoms with van der Waals surface area (Å²) in [5.41, 5.74) is 0. The predicted octanol–water partition coefficient (Wildman–Crippen LogP) is 1.31. The Bertz CT molecular complexity index is 248. The molecule has 0 aliphatic carbocycles. The molecule has 0 saturated heterocycles. The highest BCUT2D eigenvalue weighted by molar-refractivity contribution is 7.80. The van der Waals surface area contributed by atoms with Crippen LogP contribution in [-0.4, -0.2) is 37.1 Å². The minimum atomic E-state index is 0.652. The van der Waals surface area contributed by atoms with Gasteiger partial charge in [-0.2, -0.15) is 0 Å². The molecule has 0 radical (unpaired) electrons. The molecule has 4 heteroatoms. The summed E-state index contributed by atoms with van der Waals surface area (Å²) in [4.78, 5) is 6.97. The molecule has 0 aliphatic rings. The lowest BCUT2D eigenvalue weighted by atomic mass is 10.5. The summed E-state index contributed by atoms with van der Waals surface area (Å²) in [6.45, 7) is 1.55. The van der Waals surface area contributed by atoms with Gasteiger partial charge in [-0.1, -0.05) is 0 Å². The molecule has 0 aliphatic heterocycles. The molecule has 0 aromatic carbocycles. The summed E-state index contributed by atoms with van der Waals surface area (Å²) in [7, 11) is 4.02. The smallest absolute Gasteiger partial charge is 0.213 e. The number of likely N-dealkylation sites (N-methyl/N-ethyl adjacent to an activating group) is 1. The number of hydrogen-bond acceptors (Lipinski definition) is 4. The van der Waals surface area contributed by atoms with Gasteiger partial charge in [-0.25, -0.2) is 4.98 Å². The molecular formula is C9H14N2OS. The number of rotatable bonds is 4. The Kier molecular flexibility index (Phi) is 4.05. The molecule has 0 fully saturated rings. The standard InChI is InChI=1S/C9H14N2OS/c1-11(2)5-6-12-9-4-3-8(13)7-10-9/h3-4,7,13H,5-6H2,1-2H3. The zero-order chi connectivity index (χ0) is 9.68. The lowest BCUT2D eigenvalue weighted by Crippen LogP contribution is -2.19. The third-order valence-corrected chi connectivity index (χ3v) is 1.77. The van der Waals surface area contributed by atoms with Gasteiger partial charge in [-0.3, -0.25) is 0 Å². The maximum absolute atomic E-state index is 5.39. The number of ether oxygens (including phenoxy) is 1. The van der Waals surface area contributed by atoms with Gasteiger partial charge < -0.3 is 9.64 Å². The fourth-order valence-corrected chi connectivity index (χ4v) is 0.923. The van der Waals surface area contributed by atoms with Gasteiger partial charge >= 0.3 is 0 Å². The fraction of sp³-hybridized carbons (Fsp3) is 0.444. The van der Waals surface area contributed by atoms with Gasteiger partial charge in [0.1, 0.15) is 6.61 Å². The first-order chi connectivity index (χ1) is 6.18. The number of pyridine rings is 1. The van der Waals surface area contributed by atoms with Crippen molar-refractivity contribution >= 4 is 12.6 Å². The van der Waals surface area contributed by atoms with Gasteiger partial charge in [0.2, 0.25) is 5.88 Å². The quantitative estimate of drug-likeness (QED) is 0.739. The summed E-state index contributed by atoms with van der Waals surface area (Å²) in [6, 6.07) is 3.68. The zero-order valence-corrected chi connectivity index (χ0v) is 8.79. The van der Waals surface area contributed by atoms with E-state index in [-0.39, 0.29) is 0 Å². The highest BCUT2D eigenvalue weighted by Crippen LogP contribution is 2.09. The number of nitrogens with zero attached hydrogens (tertiary/aromatic N) is 2. The van der Waals surface area contributed by atoms with Crippen molar-refractivity contribution in [3.05, 3.63) is 18.3 Å². The van der Waals surface area contributed by atoms with Crippen LogP contribution in [-0.2, 0) is 0 Å². The van der Waals surface area contributed by atoms with E-state index in [1.807, 2.05) is 26.2 Å². The summed E-state index contributed by atoms with van der Waals surface area (Å²) in [5, 5.41) is 0. The summed E-state index contributed by atoms with van der Waals surface area (Å²) in [6.07, 6.45) is 1.67. The van der Waals surface area contributed by atoms with Crippen molar-refractivity contribution in [1.29, 1.82) is 0 Å². The summed E-state index contributed by atoms with van der Waals surface area (Å²) < 4.78 is 5.39. The molecule has 0 spiro atoms. The molecule has 72 valence electrons. The van der Waals surface area contributed by atoms with Crippen molar-refractivity contribution < 1.29 is 4.74 Å². The molecular weight excluding hydrogens is 184 g/mol. The van der Waals surface area contributed by atoms with Gasteiger partial charge in [0.25, 0.3) is 0 Å². The Morgan fingerprint density at radius 2 is 2.23 bits per heavy atom. The van der Waals surface area contributed by atoms with Crippen LogP contribution >= 0.6 is 12.6 Å². The van der Waals surface area contributed by atoms with Gasteiger partial charge in [0.15, 0.2) is 0 Å². The Balaban J connectivity index is 2.33. The van der Waals surface area contributed by atoms with Crippen molar-refractivity contribution in [2.45, 2.75) is 4.90 Å². The minimum absolute atomic E-state index is 0.652. The Labute approximate surface area is 84.1 Å². The monoisotopic (exact) mass is 198 g/mol. The second-order valence-electron chi connectivity index (χ2n) is 3.01. The fourth-order valence-electron chi connectivity index (χ4n) is 0.791. The highest BCUT2D eigenvalue weighted by Gasteiger charge is 1.95. The normalized spacial score (nSPS) is 10.5. The van der Waals surface area contributed by atoms with Crippen LogP contribution in [0.3, 0.4) is 0 Å². The van der Waals surface area contributed by atoms with Gasteiger partial charge in [0.05, 0.1) is 0 Å². The van der Waals surface area contributed by atoms with E-state index >= 15 is 0 Å². The van der Waals surface area contributed by atoms with Crippen LogP contribution in [0.25, 0.3) is 0 Å². The topological polar surface area (TPSA) is 25.4 Å². The maximum atomic E-state index is 5.39. The second-order valence-corrected chi connectivity index (χ2v) is 3.52. The lowest BCUT2D eigenvalue weighted by molar-refractivity contribution is 0.253. The Morgan fingerprint density at radius 1 is 1.46 bits per heavy atom. The van der Waals surface area contributed by atoms with E-state index in [2.05, 4.69) is 22.5 Å².